The summed E-state index contributed by atoms with van der Waals surface area (Å²) in [5, 5.41) is 0. The maximum Gasteiger partial charge on any atom is 0.422 e. The minimum absolute atomic E-state index is 0.0821. The third-order valence-electron chi connectivity index (χ3n) is 2.92. The Bertz CT molecular complexity index is 492. The van der Waals surface area contributed by atoms with Crippen LogP contribution in [-0.4, -0.2) is 37.2 Å². The monoisotopic (exact) mass is 304 g/mol. The molecule has 0 radical (unpaired) electrons. The Hall–Kier alpha value is -1.76. The molecule has 0 saturated carbocycles. The third-order valence-corrected chi connectivity index (χ3v) is 2.92. The number of hydrogen-bond acceptors (Lipinski definition) is 3. The molecule has 0 heterocycles. The molecule has 0 fully saturated rings. The van der Waals surface area contributed by atoms with Gasteiger partial charge in [0.2, 0.25) is 5.91 Å². The lowest BCUT2D eigenvalue weighted by Crippen LogP contribution is -2.32. The molecule has 0 spiro atoms. The fourth-order valence-electron chi connectivity index (χ4n) is 2.03. The van der Waals surface area contributed by atoms with Crippen molar-refractivity contribution in [3.63, 3.8) is 0 Å². The predicted molar refractivity (Wildman–Crippen MR) is 73.0 cm³/mol. The van der Waals surface area contributed by atoms with E-state index in [2.05, 4.69) is 0 Å². The summed E-state index contributed by atoms with van der Waals surface area (Å²) in [4.78, 5) is 12.9. The summed E-state index contributed by atoms with van der Waals surface area (Å²) in [5.74, 6) is 0.0200. The summed E-state index contributed by atoms with van der Waals surface area (Å²) in [6.07, 6.45) is -4.37. The smallest absolute Gasteiger partial charge is 0.422 e. The van der Waals surface area contributed by atoms with Crippen LogP contribution in [0.3, 0.4) is 0 Å². The molecule has 1 aromatic carbocycles. The van der Waals surface area contributed by atoms with Crippen molar-refractivity contribution in [2.24, 2.45) is 5.73 Å². The molecule has 4 nitrogen and oxygen atoms in total. The quantitative estimate of drug-likeness (QED) is 0.907. The summed E-state index contributed by atoms with van der Waals surface area (Å²) in [7, 11) is 1.62. The summed E-state index contributed by atoms with van der Waals surface area (Å²) in [6.45, 7) is 2.29. The van der Waals surface area contributed by atoms with Crippen molar-refractivity contribution in [2.75, 3.05) is 20.2 Å². The van der Waals surface area contributed by atoms with Crippen LogP contribution in [0.15, 0.2) is 12.1 Å². The largest absolute Gasteiger partial charge is 0.484 e. The Morgan fingerprint density at radius 1 is 1.29 bits per heavy atom. The van der Waals surface area contributed by atoms with Crippen molar-refractivity contribution in [3.8, 4) is 5.75 Å². The first-order chi connectivity index (χ1) is 9.64. The number of carbonyl (C=O) groups excluding carboxylic acids is 1. The highest BCUT2D eigenvalue weighted by atomic mass is 19.4. The van der Waals surface area contributed by atoms with Gasteiger partial charge in [-0.3, -0.25) is 4.79 Å². The zero-order valence-electron chi connectivity index (χ0n) is 12.3. The van der Waals surface area contributed by atoms with Gasteiger partial charge in [-0.1, -0.05) is 12.1 Å². The van der Waals surface area contributed by atoms with Crippen LogP contribution in [0.25, 0.3) is 0 Å². The molecule has 0 aliphatic rings. The SMILES string of the molecule is Cc1cc(CN(C)C(=O)CN)cc(C)c1OCC(F)(F)F. The maximum absolute atomic E-state index is 12.2. The third kappa shape index (κ3) is 5.26. The molecular formula is C14H19F3N2O2. The molecule has 21 heavy (non-hydrogen) atoms. The van der Waals surface area contributed by atoms with E-state index in [4.69, 9.17) is 10.5 Å². The van der Waals surface area contributed by atoms with Gasteiger partial charge in [-0.2, -0.15) is 13.2 Å². The first-order valence-corrected chi connectivity index (χ1v) is 6.37. The molecule has 1 rings (SSSR count). The summed E-state index contributed by atoms with van der Waals surface area (Å²) in [6, 6.07) is 3.41. The van der Waals surface area contributed by atoms with Crippen molar-refractivity contribution in [2.45, 2.75) is 26.6 Å². The number of hydrogen-bond donors (Lipinski definition) is 1. The number of likely N-dealkylation sites (N-methyl/N-ethyl adjacent to an activating group) is 1. The minimum atomic E-state index is -4.37. The van der Waals surface area contributed by atoms with Crippen molar-refractivity contribution >= 4 is 5.91 Å². The second kappa shape index (κ2) is 6.80. The number of ether oxygens (including phenoxy) is 1. The zero-order valence-corrected chi connectivity index (χ0v) is 12.3. The maximum atomic E-state index is 12.2. The second-order valence-corrected chi connectivity index (χ2v) is 4.92. The van der Waals surface area contributed by atoms with Crippen molar-refractivity contribution < 1.29 is 22.7 Å². The molecule has 118 valence electrons. The lowest BCUT2D eigenvalue weighted by molar-refractivity contribution is -0.153. The average Bonchev–Trinajstić information content (AvgIpc) is 2.35. The van der Waals surface area contributed by atoms with Gasteiger partial charge in [-0.05, 0) is 30.5 Å². The molecule has 2 N–H and O–H groups in total. The number of carbonyl (C=O) groups is 1. The van der Waals surface area contributed by atoms with E-state index < -0.39 is 12.8 Å². The Kier molecular flexibility index (Phi) is 5.60. The van der Waals surface area contributed by atoms with Crippen LogP contribution >= 0.6 is 0 Å². The summed E-state index contributed by atoms with van der Waals surface area (Å²) >= 11 is 0. The van der Waals surface area contributed by atoms with Gasteiger partial charge >= 0.3 is 6.18 Å². The number of alkyl halides is 3. The fourth-order valence-corrected chi connectivity index (χ4v) is 2.03. The van der Waals surface area contributed by atoms with Gasteiger partial charge in [0.15, 0.2) is 6.61 Å². The number of benzene rings is 1. The number of halogens is 3. The molecule has 0 atom stereocenters. The van der Waals surface area contributed by atoms with Gasteiger partial charge in [-0.25, -0.2) is 0 Å². The zero-order chi connectivity index (χ0) is 16.2. The van der Waals surface area contributed by atoms with E-state index in [0.717, 1.165) is 5.56 Å². The van der Waals surface area contributed by atoms with Crippen LogP contribution in [-0.2, 0) is 11.3 Å². The number of nitrogens with two attached hydrogens (primary N) is 1. The average molecular weight is 304 g/mol. The van der Waals surface area contributed by atoms with Crippen LogP contribution in [0.5, 0.6) is 5.75 Å². The van der Waals surface area contributed by atoms with Gasteiger partial charge in [0.05, 0.1) is 6.54 Å². The fraction of sp³-hybridized carbons (Fsp3) is 0.500. The van der Waals surface area contributed by atoms with E-state index in [1.165, 1.54) is 4.90 Å². The van der Waals surface area contributed by atoms with Gasteiger partial charge in [0, 0.05) is 13.6 Å². The van der Waals surface area contributed by atoms with Crippen molar-refractivity contribution in [1.82, 2.24) is 4.90 Å². The lowest BCUT2D eigenvalue weighted by Gasteiger charge is -2.19. The first kappa shape index (κ1) is 17.3. The molecule has 0 bridgehead atoms. The van der Waals surface area contributed by atoms with E-state index >= 15 is 0 Å². The lowest BCUT2D eigenvalue weighted by atomic mass is 10.1. The van der Waals surface area contributed by atoms with Gasteiger partial charge in [0.1, 0.15) is 5.75 Å². The summed E-state index contributed by atoms with van der Waals surface area (Å²) in [5.41, 5.74) is 7.29. The number of nitrogens with zero attached hydrogens (tertiary/aromatic N) is 1. The van der Waals surface area contributed by atoms with Gasteiger partial charge in [0.25, 0.3) is 0 Å². The Labute approximate surface area is 121 Å². The molecule has 0 aliphatic heterocycles. The van der Waals surface area contributed by atoms with Crippen molar-refractivity contribution in [1.29, 1.82) is 0 Å². The topological polar surface area (TPSA) is 55.6 Å². The normalized spacial score (nSPS) is 11.4. The van der Waals surface area contributed by atoms with Crippen LogP contribution in [0, 0.1) is 13.8 Å². The molecule has 0 unspecified atom stereocenters. The number of aryl methyl sites for hydroxylation is 2. The van der Waals surface area contributed by atoms with Crippen LogP contribution in [0.1, 0.15) is 16.7 Å². The molecular weight excluding hydrogens is 285 g/mol. The van der Waals surface area contributed by atoms with E-state index in [1.54, 1.807) is 33.0 Å². The van der Waals surface area contributed by atoms with Crippen LogP contribution < -0.4 is 10.5 Å². The second-order valence-electron chi connectivity index (χ2n) is 4.92. The van der Waals surface area contributed by atoms with E-state index in [-0.39, 0.29) is 18.2 Å². The Balaban J connectivity index is 2.87. The standard InChI is InChI=1S/C14H19F3N2O2/c1-9-4-11(7-19(3)12(20)6-18)5-10(2)13(9)21-8-14(15,16)17/h4-5H,6-8,18H2,1-3H3. The molecule has 1 amide bonds. The van der Waals surface area contributed by atoms with Crippen LogP contribution in [0.2, 0.25) is 0 Å². The highest BCUT2D eigenvalue weighted by Crippen LogP contribution is 2.27. The van der Waals surface area contributed by atoms with Gasteiger partial charge in [-0.15, -0.1) is 0 Å². The molecule has 7 heteroatoms. The van der Waals surface area contributed by atoms with E-state index in [1.807, 2.05) is 0 Å². The van der Waals surface area contributed by atoms with E-state index in [9.17, 15) is 18.0 Å². The highest BCUT2D eigenvalue weighted by molar-refractivity contribution is 5.77. The number of rotatable bonds is 5. The molecule has 0 aliphatic carbocycles. The molecule has 0 saturated heterocycles. The van der Waals surface area contributed by atoms with Gasteiger partial charge < -0.3 is 15.4 Å². The predicted octanol–water partition coefficient (Wildman–Crippen LogP) is 2.16. The first-order valence-electron chi connectivity index (χ1n) is 6.37. The Morgan fingerprint density at radius 3 is 2.24 bits per heavy atom. The molecule has 0 aromatic heterocycles. The minimum Gasteiger partial charge on any atom is -0.484 e. The summed E-state index contributed by atoms with van der Waals surface area (Å²) < 4.78 is 41.4. The van der Waals surface area contributed by atoms with Crippen molar-refractivity contribution in [3.05, 3.63) is 28.8 Å². The van der Waals surface area contributed by atoms with E-state index in [0.29, 0.717) is 17.7 Å². The molecule has 1 aromatic rings. The van der Waals surface area contributed by atoms with Crippen LogP contribution in [0.4, 0.5) is 13.2 Å². The Morgan fingerprint density at radius 2 is 1.81 bits per heavy atom. The number of amides is 1. The highest BCUT2D eigenvalue weighted by Gasteiger charge is 2.29.